The van der Waals surface area contributed by atoms with Crippen LogP contribution in [0.5, 0.6) is 0 Å². The highest BCUT2D eigenvalue weighted by atomic mass is 16.3. The normalized spacial score (nSPS) is 17.7. The first-order valence-electron chi connectivity index (χ1n) is 4.65. The first-order chi connectivity index (χ1) is 6.11. The van der Waals surface area contributed by atoms with Gasteiger partial charge in [-0.2, -0.15) is 0 Å². The lowest BCUT2D eigenvalue weighted by Gasteiger charge is -2.34. The number of furan rings is 1. The Morgan fingerprint density at radius 1 is 1.23 bits per heavy atom. The highest BCUT2D eigenvalue weighted by Gasteiger charge is 2.24. The van der Waals surface area contributed by atoms with E-state index < -0.39 is 0 Å². The van der Waals surface area contributed by atoms with Gasteiger partial charge in [0.25, 0.3) is 0 Å². The Labute approximate surface area is 78.9 Å². The van der Waals surface area contributed by atoms with Crippen molar-refractivity contribution in [2.45, 2.75) is 20.3 Å². The lowest BCUT2D eigenvalue weighted by atomic mass is 10.1. The number of hydrogen-bond acceptors (Lipinski definition) is 3. The average molecular weight is 180 g/mol. The molecule has 1 aliphatic heterocycles. The third-order valence-electron chi connectivity index (χ3n) is 2.92. The molecule has 0 N–H and O–H groups in total. The first-order valence-corrected chi connectivity index (χ1v) is 4.65. The van der Waals surface area contributed by atoms with Gasteiger partial charge in [0.05, 0.1) is 5.69 Å². The van der Waals surface area contributed by atoms with Crippen LogP contribution in [0, 0.1) is 13.8 Å². The fraction of sp³-hybridized carbons (Fsp3) is 0.600. The number of fused-ring (bicyclic) bond motifs is 1. The van der Waals surface area contributed by atoms with E-state index in [2.05, 4.69) is 31.0 Å². The highest BCUT2D eigenvalue weighted by molar-refractivity contribution is 5.58. The molecule has 0 aromatic carbocycles. The molecule has 1 aliphatic rings. The van der Waals surface area contributed by atoms with Gasteiger partial charge in [0.15, 0.2) is 0 Å². The zero-order chi connectivity index (χ0) is 9.59. The van der Waals surface area contributed by atoms with E-state index in [1.807, 2.05) is 6.92 Å². The van der Waals surface area contributed by atoms with E-state index in [1.165, 1.54) is 11.3 Å². The number of hydrazine groups is 1. The molecule has 3 heteroatoms. The Hall–Kier alpha value is -0.960. The lowest BCUT2D eigenvalue weighted by Crippen LogP contribution is -2.41. The predicted octanol–water partition coefficient (Wildman–Crippen LogP) is 1.74. The second-order valence-electron chi connectivity index (χ2n) is 3.71. The number of hydrogen-bond donors (Lipinski definition) is 0. The van der Waals surface area contributed by atoms with Crippen LogP contribution < -0.4 is 5.01 Å². The van der Waals surface area contributed by atoms with Crippen LogP contribution in [-0.2, 0) is 6.42 Å². The highest BCUT2D eigenvalue weighted by Crippen LogP contribution is 2.33. The molecular formula is C10H16N2O. The van der Waals surface area contributed by atoms with Crippen molar-refractivity contribution in [3.05, 3.63) is 17.1 Å². The van der Waals surface area contributed by atoms with Crippen molar-refractivity contribution in [3.63, 3.8) is 0 Å². The Morgan fingerprint density at radius 2 is 1.92 bits per heavy atom. The van der Waals surface area contributed by atoms with Crippen LogP contribution >= 0.6 is 0 Å². The fourth-order valence-corrected chi connectivity index (χ4v) is 1.86. The van der Waals surface area contributed by atoms with Crippen molar-refractivity contribution in [2.24, 2.45) is 0 Å². The summed E-state index contributed by atoms with van der Waals surface area (Å²) in [6, 6.07) is 0. The molecule has 3 nitrogen and oxygen atoms in total. The van der Waals surface area contributed by atoms with Gasteiger partial charge >= 0.3 is 0 Å². The van der Waals surface area contributed by atoms with Gasteiger partial charge in [0.2, 0.25) is 0 Å². The second kappa shape index (κ2) is 2.77. The van der Waals surface area contributed by atoms with Crippen LogP contribution in [0.4, 0.5) is 5.69 Å². The predicted molar refractivity (Wildman–Crippen MR) is 52.9 cm³/mol. The third-order valence-corrected chi connectivity index (χ3v) is 2.92. The van der Waals surface area contributed by atoms with Gasteiger partial charge in [-0.05, 0) is 13.8 Å². The maximum atomic E-state index is 5.69. The largest absolute Gasteiger partial charge is 0.464 e. The molecule has 0 fully saturated rings. The molecule has 0 radical (unpaired) electrons. The summed E-state index contributed by atoms with van der Waals surface area (Å²) in [5, 5.41) is 4.38. The SMILES string of the molecule is Cc1oc2c(c1C)N(C)N(C)CC2. The molecule has 13 heavy (non-hydrogen) atoms. The van der Waals surface area contributed by atoms with Gasteiger partial charge < -0.3 is 9.43 Å². The van der Waals surface area contributed by atoms with Crippen LogP contribution in [0.3, 0.4) is 0 Å². The van der Waals surface area contributed by atoms with E-state index in [-0.39, 0.29) is 0 Å². The molecular weight excluding hydrogens is 164 g/mol. The molecule has 0 atom stereocenters. The van der Waals surface area contributed by atoms with Crippen LogP contribution in [0.15, 0.2) is 4.42 Å². The molecule has 1 aromatic heterocycles. The molecule has 0 bridgehead atoms. The summed E-state index contributed by atoms with van der Waals surface area (Å²) in [6.45, 7) is 5.19. The topological polar surface area (TPSA) is 19.6 Å². The molecule has 2 heterocycles. The molecule has 0 amide bonds. The fourth-order valence-electron chi connectivity index (χ4n) is 1.86. The van der Waals surface area contributed by atoms with Gasteiger partial charge in [0, 0.05) is 32.6 Å². The minimum Gasteiger partial charge on any atom is -0.464 e. The third kappa shape index (κ3) is 1.15. The summed E-state index contributed by atoms with van der Waals surface area (Å²) < 4.78 is 5.69. The summed E-state index contributed by atoms with van der Waals surface area (Å²) in [4.78, 5) is 0. The Morgan fingerprint density at radius 3 is 2.62 bits per heavy atom. The molecule has 0 unspecified atom stereocenters. The van der Waals surface area contributed by atoms with Gasteiger partial charge in [0.1, 0.15) is 11.5 Å². The molecule has 1 aromatic rings. The summed E-state index contributed by atoms with van der Waals surface area (Å²) >= 11 is 0. The van der Waals surface area contributed by atoms with Crippen molar-refractivity contribution < 1.29 is 4.42 Å². The molecule has 2 rings (SSSR count). The van der Waals surface area contributed by atoms with Crippen LogP contribution in [0.25, 0.3) is 0 Å². The summed E-state index contributed by atoms with van der Waals surface area (Å²) in [6.07, 6.45) is 1.02. The van der Waals surface area contributed by atoms with Crippen LogP contribution in [-0.4, -0.2) is 25.6 Å². The van der Waals surface area contributed by atoms with Gasteiger partial charge in [-0.15, -0.1) is 0 Å². The number of anilines is 1. The van der Waals surface area contributed by atoms with E-state index in [9.17, 15) is 0 Å². The molecule has 72 valence electrons. The second-order valence-corrected chi connectivity index (χ2v) is 3.71. The number of likely N-dealkylation sites (N-methyl/N-ethyl adjacent to an activating group) is 1. The lowest BCUT2D eigenvalue weighted by molar-refractivity contribution is 0.295. The van der Waals surface area contributed by atoms with Crippen LogP contribution in [0.1, 0.15) is 17.1 Å². The molecule has 0 saturated heterocycles. The molecule has 0 spiro atoms. The Balaban J connectivity index is 2.51. The van der Waals surface area contributed by atoms with Gasteiger partial charge in [-0.1, -0.05) is 0 Å². The summed E-state index contributed by atoms with van der Waals surface area (Å²) in [5.41, 5.74) is 2.52. The minimum atomic E-state index is 1.02. The summed E-state index contributed by atoms with van der Waals surface area (Å²) in [5.74, 6) is 2.18. The van der Waals surface area contributed by atoms with Crippen LogP contribution in [0.2, 0.25) is 0 Å². The maximum absolute atomic E-state index is 5.69. The minimum absolute atomic E-state index is 1.02. The number of aryl methyl sites for hydroxylation is 1. The Kier molecular flexibility index (Phi) is 1.84. The first kappa shape index (κ1) is 8.63. The zero-order valence-electron chi connectivity index (χ0n) is 8.72. The number of nitrogens with zero attached hydrogens (tertiary/aromatic N) is 2. The summed E-state index contributed by atoms with van der Waals surface area (Å²) in [7, 11) is 4.19. The smallest absolute Gasteiger partial charge is 0.130 e. The number of rotatable bonds is 0. The van der Waals surface area contributed by atoms with Crippen molar-refractivity contribution in [3.8, 4) is 0 Å². The van der Waals surface area contributed by atoms with Crippen molar-refractivity contribution in [1.82, 2.24) is 5.01 Å². The van der Waals surface area contributed by atoms with Gasteiger partial charge in [-0.3, -0.25) is 0 Å². The maximum Gasteiger partial charge on any atom is 0.130 e. The Bertz CT molecular complexity index is 330. The molecule has 0 aliphatic carbocycles. The van der Waals surface area contributed by atoms with E-state index in [0.717, 1.165) is 24.5 Å². The average Bonchev–Trinajstić information content (AvgIpc) is 2.37. The van der Waals surface area contributed by atoms with E-state index in [4.69, 9.17) is 4.42 Å². The van der Waals surface area contributed by atoms with E-state index in [1.54, 1.807) is 0 Å². The monoisotopic (exact) mass is 180 g/mol. The molecule has 0 saturated carbocycles. The van der Waals surface area contributed by atoms with Crippen molar-refractivity contribution >= 4 is 5.69 Å². The van der Waals surface area contributed by atoms with Gasteiger partial charge in [-0.25, -0.2) is 5.01 Å². The quantitative estimate of drug-likeness (QED) is 0.606. The standard InChI is InChI=1S/C10H16N2O/c1-7-8(2)13-9-5-6-11(3)12(4)10(7)9/h5-6H2,1-4H3. The van der Waals surface area contributed by atoms with Crippen molar-refractivity contribution in [2.75, 3.05) is 25.6 Å². The van der Waals surface area contributed by atoms with E-state index >= 15 is 0 Å². The zero-order valence-corrected chi connectivity index (χ0v) is 8.72. The van der Waals surface area contributed by atoms with E-state index in [0.29, 0.717) is 0 Å². The van der Waals surface area contributed by atoms with Crippen molar-refractivity contribution in [1.29, 1.82) is 0 Å².